The molecule has 0 saturated carbocycles. The average molecular weight is 422 g/mol. The zero-order valence-corrected chi connectivity index (χ0v) is 17.6. The first kappa shape index (κ1) is 20.8. The largest absolute Gasteiger partial charge is 0.479 e. The highest BCUT2D eigenvalue weighted by Crippen LogP contribution is 2.32. The number of hydrogen-bond donors (Lipinski definition) is 1. The van der Waals surface area contributed by atoms with E-state index in [0.717, 1.165) is 31.7 Å². The van der Waals surface area contributed by atoms with Gasteiger partial charge < -0.3 is 19.9 Å². The molecule has 0 bridgehead atoms. The first-order valence-electron chi connectivity index (χ1n) is 9.35. The summed E-state index contributed by atoms with van der Waals surface area (Å²) in [6.45, 7) is 6.16. The number of anilines is 1. The van der Waals surface area contributed by atoms with Crippen LogP contribution in [0.25, 0.3) is 0 Å². The molecule has 1 fully saturated rings. The van der Waals surface area contributed by atoms with Gasteiger partial charge in [-0.05, 0) is 37.7 Å². The molecule has 1 amide bonds. The summed E-state index contributed by atoms with van der Waals surface area (Å²) in [5.74, 6) is 0.193. The molecule has 2 aromatic rings. The minimum Gasteiger partial charge on any atom is -0.479 e. The Morgan fingerprint density at radius 3 is 2.57 bits per heavy atom. The van der Waals surface area contributed by atoms with E-state index in [4.69, 9.17) is 27.9 Å². The van der Waals surface area contributed by atoms with Crippen LogP contribution in [0.4, 0.5) is 5.69 Å². The highest BCUT2D eigenvalue weighted by atomic mass is 35.5. The summed E-state index contributed by atoms with van der Waals surface area (Å²) in [5.41, 5.74) is 2.26. The van der Waals surface area contributed by atoms with Crippen LogP contribution in [-0.4, -0.2) is 50.1 Å². The number of likely N-dealkylation sites (N-methyl/N-ethyl adjacent to an activating group) is 1. The molecule has 28 heavy (non-hydrogen) atoms. The Kier molecular flexibility index (Phi) is 7.05. The van der Waals surface area contributed by atoms with Gasteiger partial charge in [-0.2, -0.15) is 0 Å². The Morgan fingerprint density at radius 2 is 1.82 bits per heavy atom. The highest BCUT2D eigenvalue weighted by molar-refractivity contribution is 6.42. The minimum atomic E-state index is -0.688. The zero-order valence-electron chi connectivity index (χ0n) is 16.1. The first-order chi connectivity index (χ1) is 13.5. The third kappa shape index (κ3) is 5.10. The Balaban J connectivity index is 1.61. The first-order valence-corrected chi connectivity index (χ1v) is 10.1. The van der Waals surface area contributed by atoms with Gasteiger partial charge in [0.15, 0.2) is 6.10 Å². The van der Waals surface area contributed by atoms with E-state index >= 15 is 0 Å². The lowest BCUT2D eigenvalue weighted by Crippen LogP contribution is -2.45. The lowest BCUT2D eigenvalue weighted by Gasteiger charge is -2.35. The fourth-order valence-corrected chi connectivity index (χ4v) is 3.50. The number of nitrogens with zero attached hydrogens (tertiary/aromatic N) is 2. The summed E-state index contributed by atoms with van der Waals surface area (Å²) in [6.07, 6.45) is -0.688. The van der Waals surface area contributed by atoms with Crippen LogP contribution in [0.5, 0.6) is 5.75 Å². The molecule has 1 atom stereocenters. The monoisotopic (exact) mass is 421 g/mol. The summed E-state index contributed by atoms with van der Waals surface area (Å²) in [5, 5.41) is 3.67. The topological polar surface area (TPSA) is 44.8 Å². The molecule has 0 spiro atoms. The Labute approximate surface area is 176 Å². The molecule has 150 valence electrons. The quantitative estimate of drug-likeness (QED) is 0.769. The van der Waals surface area contributed by atoms with Crippen molar-refractivity contribution in [3.05, 3.63) is 58.1 Å². The number of benzene rings is 2. The van der Waals surface area contributed by atoms with Crippen molar-refractivity contribution in [3.63, 3.8) is 0 Å². The van der Waals surface area contributed by atoms with Crippen molar-refractivity contribution in [1.29, 1.82) is 0 Å². The van der Waals surface area contributed by atoms with Crippen molar-refractivity contribution in [3.8, 4) is 5.75 Å². The maximum Gasteiger partial charge on any atom is 0.261 e. The predicted octanol–water partition coefficient (Wildman–Crippen LogP) is 3.83. The molecule has 3 rings (SSSR count). The molecule has 2 aromatic carbocycles. The smallest absolute Gasteiger partial charge is 0.261 e. The van der Waals surface area contributed by atoms with Gasteiger partial charge in [0.25, 0.3) is 5.91 Å². The number of para-hydroxylation sites is 1. The van der Waals surface area contributed by atoms with Crippen molar-refractivity contribution in [2.45, 2.75) is 19.6 Å². The predicted molar refractivity (Wildman–Crippen MR) is 115 cm³/mol. The third-order valence-electron chi connectivity index (χ3n) is 4.88. The molecule has 0 radical (unpaired) electrons. The SMILES string of the molecule is CC(Oc1cccc(Cl)c1Cl)C(=O)NCc1ccccc1N1CCN(C)CC1. The van der Waals surface area contributed by atoms with Gasteiger partial charge in [-0.3, -0.25) is 4.79 Å². The van der Waals surface area contributed by atoms with E-state index in [9.17, 15) is 4.79 Å². The molecule has 7 heteroatoms. The molecular formula is C21H25Cl2N3O2. The molecule has 1 N–H and O–H groups in total. The highest BCUT2D eigenvalue weighted by Gasteiger charge is 2.19. The summed E-state index contributed by atoms with van der Waals surface area (Å²) in [7, 11) is 2.14. The Hall–Kier alpha value is -1.95. The number of halogens is 2. The third-order valence-corrected chi connectivity index (χ3v) is 5.68. The maximum absolute atomic E-state index is 12.5. The van der Waals surface area contributed by atoms with E-state index in [1.54, 1.807) is 25.1 Å². The standard InChI is InChI=1S/C21H25Cl2N3O2/c1-15(28-19-9-5-7-17(22)20(19)23)21(27)24-14-16-6-3-4-8-18(16)26-12-10-25(2)11-13-26/h3-9,15H,10-14H2,1-2H3,(H,24,27). The summed E-state index contributed by atoms with van der Waals surface area (Å²) < 4.78 is 5.69. The van der Waals surface area contributed by atoms with Crippen molar-refractivity contribution < 1.29 is 9.53 Å². The fourth-order valence-electron chi connectivity index (χ4n) is 3.16. The zero-order chi connectivity index (χ0) is 20.1. The van der Waals surface area contributed by atoms with E-state index in [1.165, 1.54) is 5.69 Å². The second-order valence-corrected chi connectivity index (χ2v) is 7.73. The van der Waals surface area contributed by atoms with E-state index in [0.29, 0.717) is 22.3 Å². The van der Waals surface area contributed by atoms with Crippen LogP contribution in [-0.2, 0) is 11.3 Å². The number of amides is 1. The summed E-state index contributed by atoms with van der Waals surface area (Å²) in [4.78, 5) is 17.2. The van der Waals surface area contributed by atoms with Crippen LogP contribution in [0.15, 0.2) is 42.5 Å². The molecule has 5 nitrogen and oxygen atoms in total. The van der Waals surface area contributed by atoms with Crippen molar-refractivity contribution in [1.82, 2.24) is 10.2 Å². The van der Waals surface area contributed by atoms with Gasteiger partial charge in [-0.15, -0.1) is 0 Å². The van der Waals surface area contributed by atoms with Gasteiger partial charge in [0, 0.05) is 38.4 Å². The molecule has 1 aliphatic heterocycles. The lowest BCUT2D eigenvalue weighted by molar-refractivity contribution is -0.127. The molecule has 1 saturated heterocycles. The number of rotatable bonds is 6. The van der Waals surface area contributed by atoms with Crippen LogP contribution < -0.4 is 15.0 Å². The van der Waals surface area contributed by atoms with E-state index in [2.05, 4.69) is 28.2 Å². The van der Waals surface area contributed by atoms with E-state index < -0.39 is 6.10 Å². The van der Waals surface area contributed by atoms with E-state index in [1.807, 2.05) is 18.2 Å². The number of hydrogen-bond acceptors (Lipinski definition) is 4. The average Bonchev–Trinajstić information content (AvgIpc) is 2.70. The molecule has 1 aliphatic rings. The van der Waals surface area contributed by atoms with Gasteiger partial charge >= 0.3 is 0 Å². The second kappa shape index (κ2) is 9.50. The molecule has 0 aliphatic carbocycles. The Bertz CT molecular complexity index is 823. The second-order valence-electron chi connectivity index (χ2n) is 6.95. The van der Waals surface area contributed by atoms with Crippen LogP contribution in [0, 0.1) is 0 Å². The molecule has 1 unspecified atom stereocenters. The van der Waals surface area contributed by atoms with Gasteiger partial charge in [0.05, 0.1) is 5.02 Å². The number of nitrogens with one attached hydrogen (secondary N) is 1. The number of carbonyl (C=O) groups excluding carboxylic acids is 1. The number of carbonyl (C=O) groups is 1. The molecule has 1 heterocycles. The summed E-state index contributed by atoms with van der Waals surface area (Å²) in [6, 6.07) is 13.3. The van der Waals surface area contributed by atoms with Gasteiger partial charge in [0.1, 0.15) is 10.8 Å². The molecular weight excluding hydrogens is 397 g/mol. The molecule has 0 aromatic heterocycles. The normalized spacial score (nSPS) is 15.9. The number of piperazine rings is 1. The minimum absolute atomic E-state index is 0.204. The van der Waals surface area contributed by atoms with Crippen molar-refractivity contribution in [2.24, 2.45) is 0 Å². The van der Waals surface area contributed by atoms with Crippen LogP contribution in [0.1, 0.15) is 12.5 Å². The van der Waals surface area contributed by atoms with Crippen LogP contribution in [0.3, 0.4) is 0 Å². The van der Waals surface area contributed by atoms with Crippen molar-refractivity contribution in [2.75, 3.05) is 38.1 Å². The van der Waals surface area contributed by atoms with Crippen LogP contribution in [0.2, 0.25) is 10.0 Å². The maximum atomic E-state index is 12.5. The van der Waals surface area contributed by atoms with Gasteiger partial charge in [0.2, 0.25) is 0 Å². The Morgan fingerprint density at radius 1 is 1.11 bits per heavy atom. The van der Waals surface area contributed by atoms with Crippen LogP contribution >= 0.6 is 23.2 Å². The van der Waals surface area contributed by atoms with Gasteiger partial charge in [-0.1, -0.05) is 47.5 Å². The number of ether oxygens (including phenoxy) is 1. The van der Waals surface area contributed by atoms with Crippen molar-refractivity contribution >= 4 is 34.8 Å². The fraction of sp³-hybridized carbons (Fsp3) is 0.381. The lowest BCUT2D eigenvalue weighted by atomic mass is 10.1. The summed E-state index contributed by atoms with van der Waals surface area (Å²) >= 11 is 12.1. The van der Waals surface area contributed by atoms with Gasteiger partial charge in [-0.25, -0.2) is 0 Å². The van der Waals surface area contributed by atoms with E-state index in [-0.39, 0.29) is 5.91 Å².